The third-order valence-electron chi connectivity index (χ3n) is 4.30. The van der Waals surface area contributed by atoms with Crippen LogP contribution in [0.1, 0.15) is 32.1 Å². The molecule has 3 atom stereocenters. The molecule has 2 heteroatoms. The standard InChI is InChI=1S/C10H16ClN/c11-10-4-6-1-7(5-10)3-8(2-6)9(10)12/h6-9H,1-5,12H2. The SMILES string of the molecule is NC1C2CC3CC(C2)CC1(Cl)C3. The van der Waals surface area contributed by atoms with Crippen LogP contribution in [0.2, 0.25) is 0 Å². The molecule has 0 spiro atoms. The number of hydrogen-bond acceptors (Lipinski definition) is 1. The molecule has 4 fully saturated rings. The summed E-state index contributed by atoms with van der Waals surface area (Å²) >= 11 is 6.56. The van der Waals surface area contributed by atoms with Gasteiger partial charge < -0.3 is 5.73 Å². The Labute approximate surface area is 78.6 Å². The van der Waals surface area contributed by atoms with Crippen LogP contribution in [0.5, 0.6) is 0 Å². The van der Waals surface area contributed by atoms with Crippen LogP contribution in [-0.2, 0) is 0 Å². The van der Waals surface area contributed by atoms with Crippen LogP contribution in [0.25, 0.3) is 0 Å². The van der Waals surface area contributed by atoms with E-state index in [1.54, 1.807) is 0 Å². The Kier molecular flexibility index (Phi) is 1.39. The number of halogens is 1. The van der Waals surface area contributed by atoms with E-state index in [-0.39, 0.29) is 4.87 Å². The molecule has 2 N–H and O–H groups in total. The first-order chi connectivity index (χ1) is 5.67. The van der Waals surface area contributed by atoms with Gasteiger partial charge in [-0.05, 0) is 49.9 Å². The highest BCUT2D eigenvalue weighted by Gasteiger charge is 2.54. The quantitative estimate of drug-likeness (QED) is 0.575. The van der Waals surface area contributed by atoms with Gasteiger partial charge in [0, 0.05) is 6.04 Å². The van der Waals surface area contributed by atoms with Gasteiger partial charge in [-0.3, -0.25) is 0 Å². The van der Waals surface area contributed by atoms with Crippen LogP contribution in [0.15, 0.2) is 0 Å². The Morgan fingerprint density at radius 2 is 1.67 bits per heavy atom. The van der Waals surface area contributed by atoms with E-state index in [1.807, 2.05) is 0 Å². The predicted molar refractivity (Wildman–Crippen MR) is 50.1 cm³/mol. The van der Waals surface area contributed by atoms with Crippen LogP contribution < -0.4 is 5.73 Å². The molecular formula is C10H16ClN. The van der Waals surface area contributed by atoms with Crippen molar-refractivity contribution in [2.24, 2.45) is 23.5 Å². The van der Waals surface area contributed by atoms with Crippen LogP contribution in [0, 0.1) is 17.8 Å². The van der Waals surface area contributed by atoms with E-state index in [0.717, 1.165) is 17.8 Å². The monoisotopic (exact) mass is 185 g/mol. The summed E-state index contributed by atoms with van der Waals surface area (Å²) < 4.78 is 0. The number of hydrogen-bond donors (Lipinski definition) is 1. The Bertz CT molecular complexity index is 202. The zero-order valence-electron chi connectivity index (χ0n) is 7.30. The molecule has 0 aromatic heterocycles. The summed E-state index contributed by atoms with van der Waals surface area (Å²) in [5.74, 6) is 2.59. The van der Waals surface area contributed by atoms with Crippen molar-refractivity contribution in [1.82, 2.24) is 0 Å². The van der Waals surface area contributed by atoms with Gasteiger partial charge in [0.2, 0.25) is 0 Å². The average molecular weight is 186 g/mol. The minimum absolute atomic E-state index is 0.00868. The van der Waals surface area contributed by atoms with E-state index in [2.05, 4.69) is 0 Å². The molecule has 4 rings (SSSR count). The van der Waals surface area contributed by atoms with E-state index in [1.165, 1.54) is 32.1 Å². The molecular weight excluding hydrogens is 170 g/mol. The fraction of sp³-hybridized carbons (Fsp3) is 1.00. The lowest BCUT2D eigenvalue weighted by Crippen LogP contribution is -2.61. The van der Waals surface area contributed by atoms with Crippen LogP contribution in [0.4, 0.5) is 0 Å². The van der Waals surface area contributed by atoms with E-state index in [4.69, 9.17) is 17.3 Å². The maximum atomic E-state index is 6.56. The number of alkyl halides is 1. The normalized spacial score (nSPS) is 62.5. The van der Waals surface area contributed by atoms with Crippen molar-refractivity contribution in [2.45, 2.75) is 43.0 Å². The van der Waals surface area contributed by atoms with E-state index < -0.39 is 0 Å². The van der Waals surface area contributed by atoms with Gasteiger partial charge in [-0.15, -0.1) is 11.6 Å². The maximum absolute atomic E-state index is 6.56. The van der Waals surface area contributed by atoms with Crippen molar-refractivity contribution in [3.05, 3.63) is 0 Å². The largest absolute Gasteiger partial charge is 0.326 e. The van der Waals surface area contributed by atoms with E-state index in [0.29, 0.717) is 6.04 Å². The van der Waals surface area contributed by atoms with Gasteiger partial charge in [0.25, 0.3) is 0 Å². The van der Waals surface area contributed by atoms with Crippen LogP contribution in [0.3, 0.4) is 0 Å². The third kappa shape index (κ3) is 0.843. The smallest absolute Gasteiger partial charge is 0.0605 e. The average Bonchev–Trinajstić information content (AvgIpc) is 1.98. The van der Waals surface area contributed by atoms with E-state index >= 15 is 0 Å². The van der Waals surface area contributed by atoms with Crippen molar-refractivity contribution in [3.8, 4) is 0 Å². The molecule has 0 aromatic rings. The lowest BCUT2D eigenvalue weighted by atomic mass is 9.54. The summed E-state index contributed by atoms with van der Waals surface area (Å²) in [6.07, 6.45) is 6.57. The highest BCUT2D eigenvalue weighted by molar-refractivity contribution is 6.24. The summed E-state index contributed by atoms with van der Waals surface area (Å²) in [7, 11) is 0. The molecule has 3 unspecified atom stereocenters. The van der Waals surface area contributed by atoms with E-state index in [9.17, 15) is 0 Å². The lowest BCUT2D eigenvalue weighted by Gasteiger charge is -2.57. The first kappa shape index (κ1) is 7.64. The van der Waals surface area contributed by atoms with Gasteiger partial charge >= 0.3 is 0 Å². The summed E-state index contributed by atoms with van der Waals surface area (Å²) in [4.78, 5) is 0.00868. The fourth-order valence-corrected chi connectivity index (χ4v) is 4.60. The molecule has 0 heterocycles. The van der Waals surface area contributed by atoms with Crippen molar-refractivity contribution < 1.29 is 0 Å². The lowest BCUT2D eigenvalue weighted by molar-refractivity contribution is 0.0158. The second-order valence-electron chi connectivity index (χ2n) is 5.17. The van der Waals surface area contributed by atoms with Crippen molar-refractivity contribution in [2.75, 3.05) is 0 Å². The molecule has 0 aliphatic heterocycles. The molecule has 0 amide bonds. The topological polar surface area (TPSA) is 26.0 Å². The molecule has 4 aliphatic carbocycles. The summed E-state index contributed by atoms with van der Waals surface area (Å²) in [5, 5.41) is 0. The first-order valence-electron chi connectivity index (χ1n) is 5.12. The Hall–Kier alpha value is 0.250. The minimum atomic E-state index is 0.00868. The van der Waals surface area contributed by atoms with Gasteiger partial charge in [-0.25, -0.2) is 0 Å². The minimum Gasteiger partial charge on any atom is -0.326 e. The maximum Gasteiger partial charge on any atom is 0.0605 e. The van der Waals surface area contributed by atoms with Gasteiger partial charge in [-0.1, -0.05) is 0 Å². The molecule has 0 aromatic carbocycles. The van der Waals surface area contributed by atoms with Gasteiger partial charge in [-0.2, -0.15) is 0 Å². The highest BCUT2D eigenvalue weighted by atomic mass is 35.5. The number of nitrogens with two attached hydrogens (primary N) is 1. The third-order valence-corrected chi connectivity index (χ3v) is 4.86. The molecule has 68 valence electrons. The summed E-state index contributed by atoms with van der Waals surface area (Å²) in [6.45, 7) is 0. The Morgan fingerprint density at radius 1 is 1.08 bits per heavy atom. The van der Waals surface area contributed by atoms with Crippen LogP contribution >= 0.6 is 11.6 Å². The molecule has 0 saturated heterocycles. The highest BCUT2D eigenvalue weighted by Crippen LogP contribution is 2.57. The van der Waals surface area contributed by atoms with Crippen molar-refractivity contribution >= 4 is 11.6 Å². The molecule has 4 saturated carbocycles. The fourth-order valence-electron chi connectivity index (χ4n) is 3.98. The molecule has 4 aliphatic rings. The summed E-state index contributed by atoms with van der Waals surface area (Å²) in [6, 6.07) is 0.298. The second-order valence-corrected chi connectivity index (χ2v) is 5.92. The van der Waals surface area contributed by atoms with Crippen LogP contribution in [-0.4, -0.2) is 10.9 Å². The molecule has 12 heavy (non-hydrogen) atoms. The zero-order valence-corrected chi connectivity index (χ0v) is 8.06. The van der Waals surface area contributed by atoms with Gasteiger partial charge in [0.15, 0.2) is 0 Å². The Balaban J connectivity index is 1.97. The predicted octanol–water partition coefficient (Wildman–Crippen LogP) is 2.13. The van der Waals surface area contributed by atoms with Crippen molar-refractivity contribution in [1.29, 1.82) is 0 Å². The molecule has 0 radical (unpaired) electrons. The first-order valence-corrected chi connectivity index (χ1v) is 5.50. The van der Waals surface area contributed by atoms with Gasteiger partial charge in [0.1, 0.15) is 0 Å². The zero-order chi connectivity index (χ0) is 8.34. The molecule has 1 nitrogen and oxygen atoms in total. The van der Waals surface area contributed by atoms with Gasteiger partial charge in [0.05, 0.1) is 4.87 Å². The molecule has 4 bridgehead atoms. The Morgan fingerprint density at radius 3 is 2.17 bits per heavy atom. The van der Waals surface area contributed by atoms with Crippen molar-refractivity contribution in [3.63, 3.8) is 0 Å². The second kappa shape index (κ2) is 2.19. The summed E-state index contributed by atoms with van der Waals surface area (Å²) in [5.41, 5.74) is 6.17. The number of rotatable bonds is 0.